The van der Waals surface area contributed by atoms with Crippen LogP contribution in [-0.2, 0) is 17.6 Å². The number of anilines is 2. The van der Waals surface area contributed by atoms with E-state index >= 15 is 0 Å². The van der Waals surface area contributed by atoms with Crippen molar-refractivity contribution in [3.8, 4) is 11.5 Å². The number of nitrogens with zero attached hydrogens (tertiary/aromatic N) is 3. The fourth-order valence-corrected chi connectivity index (χ4v) is 6.10. The number of carbonyl (C=O) groups is 1. The van der Waals surface area contributed by atoms with Gasteiger partial charge in [-0.15, -0.1) is 0 Å². The zero-order valence-electron chi connectivity index (χ0n) is 21.7. The van der Waals surface area contributed by atoms with Gasteiger partial charge < -0.3 is 24.6 Å². The summed E-state index contributed by atoms with van der Waals surface area (Å²) < 4.78 is 11.0. The predicted octanol–water partition coefficient (Wildman–Crippen LogP) is 4.67. The molecule has 1 fully saturated rings. The molecule has 7 heteroatoms. The third-order valence-corrected chi connectivity index (χ3v) is 8.22. The highest BCUT2D eigenvalue weighted by molar-refractivity contribution is 5.95. The van der Waals surface area contributed by atoms with Crippen LogP contribution in [0.5, 0.6) is 11.5 Å². The van der Waals surface area contributed by atoms with E-state index < -0.39 is 0 Å². The van der Waals surface area contributed by atoms with Crippen molar-refractivity contribution in [1.29, 1.82) is 0 Å². The number of piperidine rings is 1. The van der Waals surface area contributed by atoms with Crippen LogP contribution in [0.4, 0.5) is 11.4 Å². The summed E-state index contributed by atoms with van der Waals surface area (Å²) in [6.45, 7) is 5.71. The standard InChI is InChI=1S/C30H36N4O3/c1-36-24-7-8-26-25(18-24)30-23(19-31-26)3-2-12-34(30)16-15-33-13-10-21(11-14-33)4-5-22-6-9-28-27(17-22)32-29(35)20-37-28/h6-9,17-19,21H,2-5,10-16,20H2,1H3,(H,32,35). The Morgan fingerprint density at radius 2 is 2.00 bits per heavy atom. The molecule has 2 aromatic carbocycles. The van der Waals surface area contributed by atoms with Crippen LogP contribution in [0, 0.1) is 5.92 Å². The molecule has 7 nitrogen and oxygen atoms in total. The first-order chi connectivity index (χ1) is 18.2. The minimum absolute atomic E-state index is 0.0744. The van der Waals surface area contributed by atoms with Crippen LogP contribution in [0.2, 0.25) is 0 Å². The first-order valence-electron chi connectivity index (χ1n) is 13.6. The minimum atomic E-state index is -0.0744. The molecule has 3 aliphatic heterocycles. The van der Waals surface area contributed by atoms with Crippen molar-refractivity contribution < 1.29 is 14.3 Å². The van der Waals surface area contributed by atoms with Crippen molar-refractivity contribution >= 4 is 28.2 Å². The molecule has 0 spiro atoms. The van der Waals surface area contributed by atoms with Crippen molar-refractivity contribution in [2.24, 2.45) is 5.92 Å². The zero-order chi connectivity index (χ0) is 25.2. The lowest BCUT2D eigenvalue weighted by Crippen LogP contribution is -2.41. The van der Waals surface area contributed by atoms with Gasteiger partial charge in [0.25, 0.3) is 5.91 Å². The number of aromatic nitrogens is 1. The van der Waals surface area contributed by atoms with Crippen LogP contribution in [0.3, 0.4) is 0 Å². The number of hydrogen-bond acceptors (Lipinski definition) is 6. The number of rotatable bonds is 7. The van der Waals surface area contributed by atoms with E-state index in [1.807, 2.05) is 12.1 Å². The number of pyridine rings is 1. The van der Waals surface area contributed by atoms with E-state index in [-0.39, 0.29) is 12.5 Å². The first kappa shape index (κ1) is 24.0. The number of likely N-dealkylation sites (tertiary alicyclic amines) is 1. The summed E-state index contributed by atoms with van der Waals surface area (Å²) in [4.78, 5) is 21.5. The van der Waals surface area contributed by atoms with Gasteiger partial charge in [-0.05, 0) is 99.0 Å². The maximum atomic E-state index is 11.6. The van der Waals surface area contributed by atoms with Gasteiger partial charge in [0.15, 0.2) is 6.61 Å². The number of carbonyl (C=O) groups excluding carboxylic acids is 1. The van der Waals surface area contributed by atoms with Gasteiger partial charge in [0.1, 0.15) is 11.5 Å². The molecule has 194 valence electrons. The molecule has 4 heterocycles. The van der Waals surface area contributed by atoms with Crippen molar-refractivity contribution in [1.82, 2.24) is 9.88 Å². The molecule has 0 radical (unpaired) electrons. The molecule has 1 aromatic heterocycles. The van der Waals surface area contributed by atoms with Gasteiger partial charge in [-0.2, -0.15) is 0 Å². The van der Waals surface area contributed by atoms with Gasteiger partial charge in [-0.3, -0.25) is 9.78 Å². The molecular weight excluding hydrogens is 464 g/mol. The third kappa shape index (κ3) is 5.23. The molecule has 0 aliphatic carbocycles. The summed E-state index contributed by atoms with van der Waals surface area (Å²) in [6, 6.07) is 12.4. The number of benzene rings is 2. The molecule has 0 unspecified atom stereocenters. The molecular formula is C30H36N4O3. The first-order valence-corrected chi connectivity index (χ1v) is 13.6. The van der Waals surface area contributed by atoms with Crippen molar-refractivity contribution in [2.45, 2.75) is 38.5 Å². The van der Waals surface area contributed by atoms with Crippen molar-refractivity contribution in [3.05, 3.63) is 53.7 Å². The number of fused-ring (bicyclic) bond motifs is 4. The Labute approximate surface area is 218 Å². The Morgan fingerprint density at radius 1 is 1.11 bits per heavy atom. The van der Waals surface area contributed by atoms with Crippen LogP contribution in [0.15, 0.2) is 42.6 Å². The summed E-state index contributed by atoms with van der Waals surface area (Å²) in [5.41, 5.74) is 5.84. The van der Waals surface area contributed by atoms with E-state index in [9.17, 15) is 4.79 Å². The maximum Gasteiger partial charge on any atom is 0.262 e. The molecule has 37 heavy (non-hydrogen) atoms. The van der Waals surface area contributed by atoms with E-state index in [4.69, 9.17) is 14.5 Å². The molecule has 0 saturated carbocycles. The Balaban J connectivity index is 1.02. The van der Waals surface area contributed by atoms with Gasteiger partial charge in [-0.25, -0.2) is 0 Å². The second-order valence-electron chi connectivity index (χ2n) is 10.6. The van der Waals surface area contributed by atoms with Gasteiger partial charge >= 0.3 is 0 Å². The van der Waals surface area contributed by atoms with Gasteiger partial charge in [-0.1, -0.05) is 6.07 Å². The van der Waals surface area contributed by atoms with Crippen molar-refractivity contribution in [2.75, 3.05) is 56.7 Å². The smallest absolute Gasteiger partial charge is 0.262 e. The number of methoxy groups -OCH3 is 1. The lowest BCUT2D eigenvalue weighted by atomic mass is 9.90. The van der Waals surface area contributed by atoms with E-state index in [1.54, 1.807) is 7.11 Å². The van der Waals surface area contributed by atoms with Crippen LogP contribution in [0.1, 0.15) is 36.8 Å². The fourth-order valence-electron chi connectivity index (χ4n) is 6.10. The van der Waals surface area contributed by atoms with Crippen LogP contribution in [0.25, 0.3) is 10.9 Å². The quantitative estimate of drug-likeness (QED) is 0.509. The molecule has 0 bridgehead atoms. The molecule has 1 amide bonds. The highest BCUT2D eigenvalue weighted by atomic mass is 16.5. The topological polar surface area (TPSA) is 66.9 Å². The minimum Gasteiger partial charge on any atom is -0.497 e. The van der Waals surface area contributed by atoms with Crippen LogP contribution < -0.4 is 19.7 Å². The summed E-state index contributed by atoms with van der Waals surface area (Å²) in [6.07, 6.45) is 9.11. The maximum absolute atomic E-state index is 11.6. The Hall–Kier alpha value is -3.32. The lowest BCUT2D eigenvalue weighted by molar-refractivity contribution is -0.118. The second-order valence-corrected chi connectivity index (χ2v) is 10.6. The summed E-state index contributed by atoms with van der Waals surface area (Å²) in [5, 5.41) is 4.13. The Kier molecular flexibility index (Phi) is 6.87. The number of hydrogen-bond donors (Lipinski definition) is 1. The number of nitrogens with one attached hydrogen (secondary N) is 1. The van der Waals surface area contributed by atoms with Gasteiger partial charge in [0.05, 0.1) is 24.0 Å². The third-order valence-electron chi connectivity index (χ3n) is 8.22. The molecule has 3 aliphatic rings. The SMILES string of the molecule is COc1ccc2ncc3c(c2c1)N(CCN1CCC(CCc2ccc4c(c2)NC(=O)CO4)CC1)CCC3. The van der Waals surface area contributed by atoms with Gasteiger partial charge in [0.2, 0.25) is 0 Å². The highest BCUT2D eigenvalue weighted by Gasteiger charge is 2.24. The van der Waals surface area contributed by atoms with E-state index in [2.05, 4.69) is 45.6 Å². The fraction of sp³-hybridized carbons (Fsp3) is 0.467. The lowest BCUT2D eigenvalue weighted by Gasteiger charge is -2.36. The van der Waals surface area contributed by atoms with Crippen LogP contribution in [-0.4, -0.2) is 62.2 Å². The van der Waals surface area contributed by atoms with E-state index in [0.29, 0.717) is 0 Å². The zero-order valence-corrected chi connectivity index (χ0v) is 21.7. The highest BCUT2D eigenvalue weighted by Crippen LogP contribution is 2.36. The number of aryl methyl sites for hydroxylation is 2. The number of ether oxygens (including phenoxy) is 2. The van der Waals surface area contributed by atoms with E-state index in [1.165, 1.54) is 61.0 Å². The van der Waals surface area contributed by atoms with Crippen molar-refractivity contribution in [3.63, 3.8) is 0 Å². The monoisotopic (exact) mass is 500 g/mol. The molecule has 6 rings (SSSR count). The molecule has 1 N–H and O–H groups in total. The Morgan fingerprint density at radius 3 is 2.86 bits per heavy atom. The average Bonchev–Trinajstić information content (AvgIpc) is 2.94. The van der Waals surface area contributed by atoms with E-state index in [0.717, 1.165) is 61.1 Å². The number of amides is 1. The average molecular weight is 501 g/mol. The largest absolute Gasteiger partial charge is 0.497 e. The molecule has 1 saturated heterocycles. The van der Waals surface area contributed by atoms with Crippen LogP contribution >= 0.6 is 0 Å². The Bertz CT molecular complexity index is 1280. The summed E-state index contributed by atoms with van der Waals surface area (Å²) in [5.74, 6) is 2.35. The summed E-state index contributed by atoms with van der Waals surface area (Å²) >= 11 is 0. The normalized spacial score (nSPS) is 18.2. The molecule has 3 aromatic rings. The predicted molar refractivity (Wildman–Crippen MR) is 147 cm³/mol. The van der Waals surface area contributed by atoms with Gasteiger partial charge in [0, 0.05) is 31.2 Å². The summed E-state index contributed by atoms with van der Waals surface area (Å²) in [7, 11) is 1.73. The second kappa shape index (κ2) is 10.6. The molecule has 0 atom stereocenters.